The van der Waals surface area contributed by atoms with E-state index in [0.29, 0.717) is 0 Å². The van der Waals surface area contributed by atoms with Crippen LogP contribution in [-0.2, 0) is 4.79 Å². The molecule has 0 spiro atoms. The SMILES string of the molecule is O=C(/C(=C\c1ccccc1)c1ccccc1)N1CCCC1. The number of nitrogens with zero attached hydrogens (tertiary/aromatic N) is 1. The summed E-state index contributed by atoms with van der Waals surface area (Å²) < 4.78 is 0. The zero-order chi connectivity index (χ0) is 14.5. The Labute approximate surface area is 125 Å². The van der Waals surface area contributed by atoms with Crippen molar-refractivity contribution >= 4 is 17.6 Å². The van der Waals surface area contributed by atoms with Crippen LogP contribution < -0.4 is 0 Å². The van der Waals surface area contributed by atoms with Crippen LogP contribution in [0.15, 0.2) is 60.7 Å². The number of rotatable bonds is 3. The standard InChI is InChI=1S/C19H19NO/c21-19(20-13-7-8-14-20)18(17-11-5-2-6-12-17)15-16-9-3-1-4-10-16/h1-6,9-12,15H,7-8,13-14H2/b18-15-. The molecular weight excluding hydrogens is 258 g/mol. The van der Waals surface area contributed by atoms with E-state index in [1.807, 2.05) is 71.6 Å². The van der Waals surface area contributed by atoms with E-state index in [2.05, 4.69) is 0 Å². The van der Waals surface area contributed by atoms with Crippen molar-refractivity contribution in [3.05, 3.63) is 71.8 Å². The maximum atomic E-state index is 12.8. The second-order valence-electron chi connectivity index (χ2n) is 5.33. The van der Waals surface area contributed by atoms with Gasteiger partial charge in [0.15, 0.2) is 0 Å². The molecule has 106 valence electrons. The molecule has 1 amide bonds. The molecule has 0 saturated carbocycles. The second-order valence-corrected chi connectivity index (χ2v) is 5.33. The molecule has 1 aliphatic heterocycles. The third-order valence-corrected chi connectivity index (χ3v) is 3.82. The first-order valence-electron chi connectivity index (χ1n) is 7.46. The van der Waals surface area contributed by atoms with Gasteiger partial charge in [0, 0.05) is 18.7 Å². The lowest BCUT2D eigenvalue weighted by atomic mass is 10.0. The third-order valence-electron chi connectivity index (χ3n) is 3.82. The van der Waals surface area contributed by atoms with Crippen LogP contribution in [0.2, 0.25) is 0 Å². The first-order valence-corrected chi connectivity index (χ1v) is 7.46. The molecule has 21 heavy (non-hydrogen) atoms. The lowest BCUT2D eigenvalue weighted by molar-refractivity contribution is -0.123. The Hall–Kier alpha value is -2.35. The maximum Gasteiger partial charge on any atom is 0.254 e. The van der Waals surface area contributed by atoms with Gasteiger partial charge in [0.05, 0.1) is 0 Å². The van der Waals surface area contributed by atoms with Gasteiger partial charge in [-0.25, -0.2) is 0 Å². The Morgan fingerprint density at radius 3 is 2.05 bits per heavy atom. The van der Waals surface area contributed by atoms with E-state index in [1.54, 1.807) is 0 Å². The number of hydrogen-bond donors (Lipinski definition) is 0. The average molecular weight is 277 g/mol. The highest BCUT2D eigenvalue weighted by atomic mass is 16.2. The van der Waals surface area contributed by atoms with Crippen LogP contribution in [0, 0.1) is 0 Å². The van der Waals surface area contributed by atoms with Crippen LogP contribution in [0.25, 0.3) is 11.6 Å². The van der Waals surface area contributed by atoms with E-state index >= 15 is 0 Å². The van der Waals surface area contributed by atoms with Gasteiger partial charge in [-0.15, -0.1) is 0 Å². The molecule has 0 aliphatic carbocycles. The summed E-state index contributed by atoms with van der Waals surface area (Å²) in [6, 6.07) is 20.0. The van der Waals surface area contributed by atoms with Gasteiger partial charge in [0.1, 0.15) is 0 Å². The first-order chi connectivity index (χ1) is 10.3. The quantitative estimate of drug-likeness (QED) is 0.616. The van der Waals surface area contributed by atoms with E-state index in [0.717, 1.165) is 42.6 Å². The van der Waals surface area contributed by atoms with Crippen molar-refractivity contribution in [1.29, 1.82) is 0 Å². The van der Waals surface area contributed by atoms with Crippen LogP contribution in [0.4, 0.5) is 0 Å². The van der Waals surface area contributed by atoms with Gasteiger partial charge in [-0.2, -0.15) is 0 Å². The van der Waals surface area contributed by atoms with Crippen LogP contribution in [0.5, 0.6) is 0 Å². The molecule has 0 unspecified atom stereocenters. The molecule has 0 aromatic heterocycles. The molecule has 1 aliphatic rings. The number of carbonyl (C=O) groups is 1. The predicted molar refractivity (Wildman–Crippen MR) is 86.6 cm³/mol. The lowest BCUT2D eigenvalue weighted by Crippen LogP contribution is -2.28. The molecule has 1 heterocycles. The molecule has 0 radical (unpaired) electrons. The molecule has 0 bridgehead atoms. The van der Waals surface area contributed by atoms with Crippen LogP contribution in [0.3, 0.4) is 0 Å². The van der Waals surface area contributed by atoms with E-state index in [1.165, 1.54) is 0 Å². The minimum absolute atomic E-state index is 0.141. The van der Waals surface area contributed by atoms with Gasteiger partial charge in [-0.1, -0.05) is 60.7 Å². The number of benzene rings is 2. The lowest BCUT2D eigenvalue weighted by Gasteiger charge is -2.18. The second kappa shape index (κ2) is 6.40. The molecule has 0 N–H and O–H groups in total. The fourth-order valence-corrected chi connectivity index (χ4v) is 2.69. The Balaban J connectivity index is 1.99. The number of likely N-dealkylation sites (tertiary alicyclic amines) is 1. The summed E-state index contributed by atoms with van der Waals surface area (Å²) >= 11 is 0. The normalized spacial score (nSPS) is 15.2. The summed E-state index contributed by atoms with van der Waals surface area (Å²) in [6.07, 6.45) is 4.22. The topological polar surface area (TPSA) is 20.3 Å². The zero-order valence-corrected chi connectivity index (χ0v) is 12.0. The van der Waals surface area contributed by atoms with Crippen molar-refractivity contribution in [3.63, 3.8) is 0 Å². The Kier molecular flexibility index (Phi) is 4.15. The minimum Gasteiger partial charge on any atom is -0.339 e. The van der Waals surface area contributed by atoms with Gasteiger partial charge in [-0.3, -0.25) is 4.79 Å². The molecule has 0 atom stereocenters. The highest BCUT2D eigenvalue weighted by Crippen LogP contribution is 2.23. The van der Waals surface area contributed by atoms with Crippen molar-refractivity contribution in [2.45, 2.75) is 12.8 Å². The summed E-state index contributed by atoms with van der Waals surface area (Å²) in [6.45, 7) is 1.75. The van der Waals surface area contributed by atoms with Crippen LogP contribution in [-0.4, -0.2) is 23.9 Å². The molecule has 2 aromatic carbocycles. The van der Waals surface area contributed by atoms with Crippen molar-refractivity contribution in [1.82, 2.24) is 4.90 Å². The van der Waals surface area contributed by atoms with E-state index in [-0.39, 0.29) is 5.91 Å². The molecular formula is C19H19NO. The number of amides is 1. The van der Waals surface area contributed by atoms with Crippen LogP contribution >= 0.6 is 0 Å². The molecule has 2 aromatic rings. The summed E-state index contributed by atoms with van der Waals surface area (Å²) in [4.78, 5) is 14.8. The molecule has 3 rings (SSSR count). The molecule has 2 heteroatoms. The summed E-state index contributed by atoms with van der Waals surface area (Å²) in [5.74, 6) is 0.141. The van der Waals surface area contributed by atoms with Crippen molar-refractivity contribution in [3.8, 4) is 0 Å². The number of carbonyl (C=O) groups excluding carboxylic acids is 1. The third kappa shape index (κ3) is 3.22. The largest absolute Gasteiger partial charge is 0.339 e. The summed E-state index contributed by atoms with van der Waals surface area (Å²) in [7, 11) is 0. The highest BCUT2D eigenvalue weighted by Gasteiger charge is 2.22. The highest BCUT2D eigenvalue weighted by molar-refractivity contribution is 6.24. The van der Waals surface area contributed by atoms with Gasteiger partial charge in [0.25, 0.3) is 5.91 Å². The van der Waals surface area contributed by atoms with Crippen molar-refractivity contribution < 1.29 is 4.79 Å². The Morgan fingerprint density at radius 1 is 0.857 bits per heavy atom. The molecule has 1 fully saturated rings. The fourth-order valence-electron chi connectivity index (χ4n) is 2.69. The van der Waals surface area contributed by atoms with Gasteiger partial charge >= 0.3 is 0 Å². The van der Waals surface area contributed by atoms with Crippen LogP contribution in [0.1, 0.15) is 24.0 Å². The maximum absolute atomic E-state index is 12.8. The molecule has 1 saturated heterocycles. The first kappa shape index (κ1) is 13.6. The fraction of sp³-hybridized carbons (Fsp3) is 0.211. The van der Waals surface area contributed by atoms with Crippen molar-refractivity contribution in [2.24, 2.45) is 0 Å². The average Bonchev–Trinajstić information content (AvgIpc) is 3.08. The van der Waals surface area contributed by atoms with E-state index < -0.39 is 0 Å². The smallest absolute Gasteiger partial charge is 0.254 e. The Morgan fingerprint density at radius 2 is 1.43 bits per heavy atom. The summed E-state index contributed by atoms with van der Waals surface area (Å²) in [5.41, 5.74) is 2.82. The summed E-state index contributed by atoms with van der Waals surface area (Å²) in [5, 5.41) is 0. The Bertz CT molecular complexity index is 625. The van der Waals surface area contributed by atoms with E-state index in [4.69, 9.17) is 0 Å². The van der Waals surface area contributed by atoms with Gasteiger partial charge < -0.3 is 4.90 Å². The monoisotopic (exact) mass is 277 g/mol. The van der Waals surface area contributed by atoms with E-state index in [9.17, 15) is 4.79 Å². The van der Waals surface area contributed by atoms with Gasteiger partial charge in [-0.05, 0) is 30.0 Å². The van der Waals surface area contributed by atoms with Gasteiger partial charge in [0.2, 0.25) is 0 Å². The molecule has 2 nitrogen and oxygen atoms in total. The zero-order valence-electron chi connectivity index (χ0n) is 12.0. The van der Waals surface area contributed by atoms with Crippen molar-refractivity contribution in [2.75, 3.05) is 13.1 Å². The minimum atomic E-state index is 0.141. The number of hydrogen-bond acceptors (Lipinski definition) is 1. The predicted octanol–water partition coefficient (Wildman–Crippen LogP) is 3.85.